The minimum atomic E-state index is -4.38. The van der Waals surface area contributed by atoms with Gasteiger partial charge in [0.1, 0.15) is 6.54 Å². The van der Waals surface area contributed by atoms with Crippen LogP contribution in [0.1, 0.15) is 17.3 Å². The van der Waals surface area contributed by atoms with Crippen molar-refractivity contribution in [2.75, 3.05) is 23.7 Å². The van der Waals surface area contributed by atoms with E-state index in [9.17, 15) is 18.0 Å². The van der Waals surface area contributed by atoms with Crippen LogP contribution >= 0.6 is 0 Å². The SMILES string of the molecule is CCN(CC(F)(F)F)c1c(N)cccc1C(N)=O. The Kier molecular flexibility index (Phi) is 4.05. The molecule has 0 bridgehead atoms. The Morgan fingerprint density at radius 2 is 2.00 bits per heavy atom. The number of hydrogen-bond acceptors (Lipinski definition) is 3. The van der Waals surface area contributed by atoms with Crippen LogP contribution in [-0.2, 0) is 0 Å². The Hall–Kier alpha value is -1.92. The molecule has 1 amide bonds. The average Bonchev–Trinajstić information content (AvgIpc) is 2.24. The molecule has 1 rings (SSSR count). The fourth-order valence-electron chi connectivity index (χ4n) is 1.68. The quantitative estimate of drug-likeness (QED) is 0.811. The lowest BCUT2D eigenvalue weighted by molar-refractivity contribution is -0.119. The van der Waals surface area contributed by atoms with Crippen LogP contribution in [0.15, 0.2) is 18.2 Å². The molecule has 0 atom stereocenters. The Balaban J connectivity index is 3.24. The molecule has 0 unspecified atom stereocenters. The second kappa shape index (κ2) is 5.16. The summed E-state index contributed by atoms with van der Waals surface area (Å²) in [7, 11) is 0. The number of carbonyl (C=O) groups excluding carboxylic acids is 1. The van der Waals surface area contributed by atoms with Gasteiger partial charge in [0.05, 0.1) is 16.9 Å². The molecule has 18 heavy (non-hydrogen) atoms. The standard InChI is InChI=1S/C11H14F3N3O/c1-2-17(6-11(12,13)14)9-7(10(16)18)4-3-5-8(9)15/h3-5H,2,6,15H2,1H3,(H2,16,18). The molecule has 7 heteroatoms. The molecule has 0 aliphatic carbocycles. The molecule has 1 aromatic rings. The monoisotopic (exact) mass is 261 g/mol. The van der Waals surface area contributed by atoms with Gasteiger partial charge in [-0.25, -0.2) is 0 Å². The lowest BCUT2D eigenvalue weighted by Gasteiger charge is -2.27. The van der Waals surface area contributed by atoms with Gasteiger partial charge in [-0.3, -0.25) is 4.79 Å². The van der Waals surface area contributed by atoms with Gasteiger partial charge < -0.3 is 16.4 Å². The Morgan fingerprint density at radius 1 is 1.39 bits per heavy atom. The maximum atomic E-state index is 12.4. The van der Waals surface area contributed by atoms with E-state index in [4.69, 9.17) is 11.5 Å². The summed E-state index contributed by atoms with van der Waals surface area (Å²) in [6.45, 7) is 0.426. The highest BCUT2D eigenvalue weighted by Crippen LogP contribution is 2.30. The number of amides is 1. The van der Waals surface area contributed by atoms with Crippen LogP contribution in [0, 0.1) is 0 Å². The summed E-state index contributed by atoms with van der Waals surface area (Å²) < 4.78 is 37.3. The van der Waals surface area contributed by atoms with Gasteiger partial charge in [-0.1, -0.05) is 6.07 Å². The summed E-state index contributed by atoms with van der Waals surface area (Å²) in [5.41, 5.74) is 10.9. The summed E-state index contributed by atoms with van der Waals surface area (Å²) in [5, 5.41) is 0. The van der Waals surface area contributed by atoms with Crippen molar-refractivity contribution >= 4 is 17.3 Å². The van der Waals surface area contributed by atoms with Gasteiger partial charge in [-0.15, -0.1) is 0 Å². The van der Waals surface area contributed by atoms with Crippen molar-refractivity contribution in [3.05, 3.63) is 23.8 Å². The maximum absolute atomic E-state index is 12.4. The van der Waals surface area contributed by atoms with Crippen LogP contribution in [0.5, 0.6) is 0 Å². The van der Waals surface area contributed by atoms with Crippen LogP contribution in [0.2, 0.25) is 0 Å². The number of para-hydroxylation sites is 1. The normalized spacial score (nSPS) is 11.3. The first-order valence-electron chi connectivity index (χ1n) is 5.26. The number of nitrogens with two attached hydrogens (primary N) is 2. The number of anilines is 2. The Labute approximate surface area is 102 Å². The molecule has 0 aliphatic rings. The lowest BCUT2D eigenvalue weighted by Crippen LogP contribution is -2.36. The third-order valence-electron chi connectivity index (χ3n) is 2.40. The van der Waals surface area contributed by atoms with Crippen LogP contribution in [0.25, 0.3) is 0 Å². The van der Waals surface area contributed by atoms with E-state index < -0.39 is 18.6 Å². The van der Waals surface area contributed by atoms with E-state index >= 15 is 0 Å². The largest absolute Gasteiger partial charge is 0.405 e. The van der Waals surface area contributed by atoms with E-state index in [0.717, 1.165) is 4.90 Å². The van der Waals surface area contributed by atoms with Crippen molar-refractivity contribution < 1.29 is 18.0 Å². The van der Waals surface area contributed by atoms with Gasteiger partial charge in [0.2, 0.25) is 0 Å². The van der Waals surface area contributed by atoms with Gasteiger partial charge in [-0.05, 0) is 19.1 Å². The third-order valence-corrected chi connectivity index (χ3v) is 2.40. The number of benzene rings is 1. The summed E-state index contributed by atoms with van der Waals surface area (Å²) in [6.07, 6.45) is -4.38. The molecule has 1 aromatic carbocycles. The van der Waals surface area contributed by atoms with Gasteiger partial charge in [-0.2, -0.15) is 13.2 Å². The second-order valence-electron chi connectivity index (χ2n) is 3.74. The number of primary amides is 1. The first-order valence-corrected chi connectivity index (χ1v) is 5.26. The number of nitrogens with zero attached hydrogens (tertiary/aromatic N) is 1. The fourth-order valence-corrected chi connectivity index (χ4v) is 1.68. The number of nitrogen functional groups attached to an aromatic ring is 1. The van der Waals surface area contributed by atoms with Crippen molar-refractivity contribution in [2.24, 2.45) is 5.73 Å². The van der Waals surface area contributed by atoms with Crippen LogP contribution in [0.3, 0.4) is 0 Å². The molecule has 0 aromatic heterocycles. The van der Waals surface area contributed by atoms with Gasteiger partial charge in [0, 0.05) is 6.54 Å². The van der Waals surface area contributed by atoms with Crippen LogP contribution in [-0.4, -0.2) is 25.2 Å². The molecule has 100 valence electrons. The summed E-state index contributed by atoms with van der Waals surface area (Å²) in [5.74, 6) is -0.807. The highest BCUT2D eigenvalue weighted by molar-refractivity contribution is 6.01. The summed E-state index contributed by atoms with van der Waals surface area (Å²) in [4.78, 5) is 12.2. The highest BCUT2D eigenvalue weighted by Gasteiger charge is 2.32. The minimum Gasteiger partial charge on any atom is -0.397 e. The van der Waals surface area contributed by atoms with Gasteiger partial charge >= 0.3 is 6.18 Å². The topological polar surface area (TPSA) is 72.3 Å². The number of rotatable bonds is 4. The number of carbonyl (C=O) groups is 1. The molecule has 0 saturated heterocycles. The molecule has 0 fully saturated rings. The predicted octanol–water partition coefficient (Wildman–Crippen LogP) is 1.76. The molecule has 0 heterocycles. The van der Waals surface area contributed by atoms with Crippen molar-refractivity contribution in [1.29, 1.82) is 0 Å². The fraction of sp³-hybridized carbons (Fsp3) is 0.364. The first kappa shape index (κ1) is 14.1. The molecule has 0 aliphatic heterocycles. The Morgan fingerprint density at radius 3 is 2.44 bits per heavy atom. The zero-order valence-corrected chi connectivity index (χ0v) is 9.79. The summed E-state index contributed by atoms with van der Waals surface area (Å²) in [6, 6.07) is 4.26. The molecule has 0 spiro atoms. The van der Waals surface area contributed by atoms with Crippen molar-refractivity contribution in [2.45, 2.75) is 13.1 Å². The number of halogens is 3. The first-order chi connectivity index (χ1) is 8.26. The third kappa shape index (κ3) is 3.28. The molecule has 4 nitrogen and oxygen atoms in total. The molecule has 0 saturated carbocycles. The van der Waals surface area contributed by atoms with E-state index in [1.807, 2.05) is 0 Å². The van der Waals surface area contributed by atoms with Crippen LogP contribution in [0.4, 0.5) is 24.5 Å². The molecular formula is C11H14F3N3O. The van der Waals surface area contributed by atoms with Gasteiger partial charge in [0.25, 0.3) is 5.91 Å². The van der Waals surface area contributed by atoms with E-state index in [2.05, 4.69) is 0 Å². The van der Waals surface area contributed by atoms with E-state index in [-0.39, 0.29) is 23.5 Å². The van der Waals surface area contributed by atoms with E-state index in [0.29, 0.717) is 0 Å². The van der Waals surface area contributed by atoms with Crippen molar-refractivity contribution in [3.63, 3.8) is 0 Å². The highest BCUT2D eigenvalue weighted by atomic mass is 19.4. The zero-order valence-electron chi connectivity index (χ0n) is 9.79. The zero-order chi connectivity index (χ0) is 13.9. The molecular weight excluding hydrogens is 247 g/mol. The number of alkyl halides is 3. The van der Waals surface area contributed by atoms with E-state index in [1.165, 1.54) is 18.2 Å². The van der Waals surface area contributed by atoms with Crippen molar-refractivity contribution in [1.82, 2.24) is 0 Å². The van der Waals surface area contributed by atoms with E-state index in [1.54, 1.807) is 6.92 Å². The Bertz CT molecular complexity index is 446. The smallest absolute Gasteiger partial charge is 0.397 e. The minimum absolute atomic E-state index is 0.0129. The molecule has 0 radical (unpaired) electrons. The van der Waals surface area contributed by atoms with Crippen LogP contribution < -0.4 is 16.4 Å². The average molecular weight is 261 g/mol. The lowest BCUT2D eigenvalue weighted by atomic mass is 10.1. The predicted molar refractivity (Wildman–Crippen MR) is 63.3 cm³/mol. The van der Waals surface area contributed by atoms with Gasteiger partial charge in [0.15, 0.2) is 0 Å². The maximum Gasteiger partial charge on any atom is 0.405 e. The molecule has 4 N–H and O–H groups in total. The second-order valence-corrected chi connectivity index (χ2v) is 3.74. The number of hydrogen-bond donors (Lipinski definition) is 2. The van der Waals surface area contributed by atoms with Crippen molar-refractivity contribution in [3.8, 4) is 0 Å². The summed E-state index contributed by atoms with van der Waals surface area (Å²) >= 11 is 0.